The van der Waals surface area contributed by atoms with Crippen LogP contribution in [0.2, 0.25) is 0 Å². The number of halogens is 4. The normalized spacial score (nSPS) is 51.6. The van der Waals surface area contributed by atoms with Crippen LogP contribution < -0.4 is 0 Å². The SMILES string of the molecule is FC(F)(F)C12CC(I)(C1)C2. The van der Waals surface area contributed by atoms with Gasteiger partial charge in [-0.25, -0.2) is 0 Å². The highest BCUT2D eigenvalue weighted by atomic mass is 127. The Morgan fingerprint density at radius 3 is 1.60 bits per heavy atom. The molecule has 0 N–H and O–H groups in total. The highest BCUT2D eigenvalue weighted by Crippen LogP contribution is 2.77. The summed E-state index contributed by atoms with van der Waals surface area (Å²) in [7, 11) is 0. The zero-order valence-corrected chi connectivity index (χ0v) is 7.29. The Labute approximate surface area is 70.3 Å². The first-order valence-electron chi connectivity index (χ1n) is 3.13. The van der Waals surface area contributed by atoms with Gasteiger partial charge in [0, 0.05) is 3.42 Å². The lowest BCUT2D eigenvalue weighted by Crippen LogP contribution is -2.69. The predicted octanol–water partition coefficient (Wildman–Crippen LogP) is 2.91. The first-order chi connectivity index (χ1) is 4.37. The summed E-state index contributed by atoms with van der Waals surface area (Å²) in [5.74, 6) is 0. The van der Waals surface area contributed by atoms with E-state index in [1.54, 1.807) is 0 Å². The van der Waals surface area contributed by atoms with Gasteiger partial charge in [-0.2, -0.15) is 13.2 Å². The van der Waals surface area contributed by atoms with Gasteiger partial charge in [-0.05, 0) is 19.3 Å². The highest BCUT2D eigenvalue weighted by Gasteiger charge is 2.77. The van der Waals surface area contributed by atoms with Gasteiger partial charge in [0.2, 0.25) is 0 Å². The van der Waals surface area contributed by atoms with Crippen molar-refractivity contribution in [2.45, 2.75) is 28.9 Å². The second-order valence-corrected chi connectivity index (χ2v) is 5.75. The topological polar surface area (TPSA) is 0 Å². The molecule has 0 spiro atoms. The van der Waals surface area contributed by atoms with Crippen molar-refractivity contribution in [2.75, 3.05) is 0 Å². The van der Waals surface area contributed by atoms with Gasteiger partial charge in [0.15, 0.2) is 0 Å². The van der Waals surface area contributed by atoms with Crippen molar-refractivity contribution < 1.29 is 13.2 Å². The van der Waals surface area contributed by atoms with Crippen LogP contribution >= 0.6 is 22.6 Å². The molecule has 3 saturated carbocycles. The van der Waals surface area contributed by atoms with E-state index in [1.807, 2.05) is 0 Å². The van der Waals surface area contributed by atoms with Crippen molar-refractivity contribution in [3.8, 4) is 0 Å². The third-order valence-corrected chi connectivity index (χ3v) is 3.71. The van der Waals surface area contributed by atoms with Crippen molar-refractivity contribution in [1.82, 2.24) is 0 Å². The van der Waals surface area contributed by atoms with Gasteiger partial charge in [0.25, 0.3) is 0 Å². The van der Waals surface area contributed by atoms with Crippen LogP contribution in [0, 0.1) is 5.41 Å². The molecule has 0 aromatic heterocycles. The summed E-state index contributed by atoms with van der Waals surface area (Å²) in [6.07, 6.45) is -2.84. The first-order valence-corrected chi connectivity index (χ1v) is 4.21. The Balaban J connectivity index is 2.11. The maximum atomic E-state index is 12.1. The molecule has 3 rings (SSSR count). The van der Waals surface area contributed by atoms with E-state index in [4.69, 9.17) is 0 Å². The average Bonchev–Trinajstić information content (AvgIpc) is 1.51. The molecule has 10 heavy (non-hydrogen) atoms. The van der Waals surface area contributed by atoms with Gasteiger partial charge in [-0.15, -0.1) is 0 Å². The Morgan fingerprint density at radius 1 is 1.10 bits per heavy atom. The van der Waals surface area contributed by atoms with E-state index in [0.717, 1.165) is 0 Å². The van der Waals surface area contributed by atoms with Crippen LogP contribution in [0.4, 0.5) is 13.2 Å². The molecule has 0 aromatic carbocycles. The monoisotopic (exact) mass is 262 g/mol. The molecule has 2 bridgehead atoms. The standard InChI is InChI=1S/C6H6F3I/c7-6(8,9)4-1-5(10,2-4)3-4/h1-3H2. The molecule has 58 valence electrons. The van der Waals surface area contributed by atoms with Gasteiger partial charge >= 0.3 is 6.18 Å². The Morgan fingerprint density at radius 2 is 1.50 bits per heavy atom. The summed E-state index contributed by atoms with van der Waals surface area (Å²) in [6, 6.07) is 0. The first kappa shape index (κ1) is 7.18. The van der Waals surface area contributed by atoms with Crippen LogP contribution in [0.15, 0.2) is 0 Å². The highest BCUT2D eigenvalue weighted by molar-refractivity contribution is 14.1. The molecule has 3 aliphatic carbocycles. The second-order valence-electron chi connectivity index (χ2n) is 3.46. The molecular weight excluding hydrogens is 256 g/mol. The van der Waals surface area contributed by atoms with Crippen molar-refractivity contribution in [2.24, 2.45) is 5.41 Å². The molecular formula is C6H6F3I. The Hall–Kier alpha value is 0.520. The van der Waals surface area contributed by atoms with E-state index >= 15 is 0 Å². The van der Waals surface area contributed by atoms with Crippen molar-refractivity contribution in [3.05, 3.63) is 0 Å². The van der Waals surface area contributed by atoms with Gasteiger partial charge in [-0.3, -0.25) is 0 Å². The molecule has 4 heteroatoms. The zero-order valence-electron chi connectivity index (χ0n) is 5.13. The van der Waals surface area contributed by atoms with Crippen LogP contribution in [0.1, 0.15) is 19.3 Å². The summed E-state index contributed by atoms with van der Waals surface area (Å²) < 4.78 is 36.3. The minimum absolute atomic E-state index is 0.0350. The molecule has 0 aliphatic heterocycles. The van der Waals surface area contributed by atoms with Gasteiger partial charge in [-0.1, -0.05) is 22.6 Å². The lowest BCUT2D eigenvalue weighted by atomic mass is 9.44. The van der Waals surface area contributed by atoms with Crippen molar-refractivity contribution >= 4 is 22.6 Å². The van der Waals surface area contributed by atoms with E-state index in [0.29, 0.717) is 19.3 Å². The van der Waals surface area contributed by atoms with Crippen LogP contribution in [-0.2, 0) is 0 Å². The lowest BCUT2D eigenvalue weighted by Gasteiger charge is -2.67. The Bertz CT molecular complexity index is 164. The maximum absolute atomic E-state index is 12.1. The molecule has 0 atom stereocenters. The smallest absolute Gasteiger partial charge is 0.171 e. The average molecular weight is 262 g/mol. The van der Waals surface area contributed by atoms with E-state index in [1.165, 1.54) is 0 Å². The fourth-order valence-electron chi connectivity index (χ4n) is 1.96. The summed E-state index contributed by atoms with van der Waals surface area (Å²) >= 11 is 2.14. The molecule has 0 amide bonds. The second kappa shape index (κ2) is 1.49. The van der Waals surface area contributed by atoms with Gasteiger partial charge in [0.1, 0.15) is 0 Å². The lowest BCUT2D eigenvalue weighted by molar-refractivity contribution is -0.309. The fraction of sp³-hybridized carbons (Fsp3) is 1.00. The molecule has 3 fully saturated rings. The third-order valence-electron chi connectivity index (χ3n) is 2.57. The van der Waals surface area contributed by atoms with Gasteiger partial charge in [0.05, 0.1) is 5.41 Å². The molecule has 0 aromatic rings. The predicted molar refractivity (Wildman–Crippen MR) is 39.1 cm³/mol. The minimum Gasteiger partial charge on any atom is -0.171 e. The molecule has 0 radical (unpaired) electrons. The number of rotatable bonds is 0. The van der Waals surface area contributed by atoms with Crippen LogP contribution in [0.3, 0.4) is 0 Å². The molecule has 0 nitrogen and oxygen atoms in total. The van der Waals surface area contributed by atoms with Crippen LogP contribution in [0.5, 0.6) is 0 Å². The Kier molecular flexibility index (Phi) is 1.07. The summed E-state index contributed by atoms with van der Waals surface area (Å²) in [4.78, 5) is 0. The van der Waals surface area contributed by atoms with E-state index in [-0.39, 0.29) is 3.42 Å². The van der Waals surface area contributed by atoms with E-state index < -0.39 is 11.6 Å². The largest absolute Gasteiger partial charge is 0.394 e. The van der Waals surface area contributed by atoms with Crippen molar-refractivity contribution in [1.29, 1.82) is 0 Å². The maximum Gasteiger partial charge on any atom is 0.394 e. The number of hydrogen-bond donors (Lipinski definition) is 0. The molecule has 0 heterocycles. The molecule has 0 unspecified atom stereocenters. The van der Waals surface area contributed by atoms with Crippen molar-refractivity contribution in [3.63, 3.8) is 0 Å². The summed E-state index contributed by atoms with van der Waals surface area (Å²) in [5, 5.41) is 0. The minimum atomic E-state index is -3.93. The number of alkyl halides is 4. The quantitative estimate of drug-likeness (QED) is 0.465. The fourth-order valence-corrected chi connectivity index (χ4v) is 4.15. The molecule has 0 saturated heterocycles. The third kappa shape index (κ3) is 0.636. The van der Waals surface area contributed by atoms with Gasteiger partial charge < -0.3 is 0 Å². The summed E-state index contributed by atoms with van der Waals surface area (Å²) in [5.41, 5.74) is -1.24. The number of hydrogen-bond acceptors (Lipinski definition) is 0. The van der Waals surface area contributed by atoms with Crippen LogP contribution in [0.25, 0.3) is 0 Å². The van der Waals surface area contributed by atoms with E-state index in [9.17, 15) is 13.2 Å². The molecule has 3 aliphatic rings. The zero-order chi connectivity index (χ0) is 7.62. The van der Waals surface area contributed by atoms with Crippen LogP contribution in [-0.4, -0.2) is 9.60 Å². The summed E-state index contributed by atoms with van der Waals surface area (Å²) in [6.45, 7) is 0. The van der Waals surface area contributed by atoms with E-state index in [2.05, 4.69) is 22.6 Å².